The molecular weight excluding hydrogens is 232 g/mol. The van der Waals surface area contributed by atoms with E-state index >= 15 is 0 Å². The summed E-state index contributed by atoms with van der Waals surface area (Å²) in [5.74, 6) is -0.149. The second kappa shape index (κ2) is 5.00. The molecule has 0 bridgehead atoms. The Morgan fingerprint density at radius 3 is 2.56 bits per heavy atom. The first kappa shape index (κ1) is 12.3. The zero-order valence-electron chi connectivity index (χ0n) is 10.3. The molecule has 0 atom stereocenters. The molecule has 2 amide bonds. The lowest BCUT2D eigenvalue weighted by Gasteiger charge is -2.10. The first-order valence-corrected chi connectivity index (χ1v) is 5.65. The molecule has 0 unspecified atom stereocenters. The number of hydrogen-bond acceptors (Lipinski definition) is 4. The second-order valence-corrected chi connectivity index (χ2v) is 4.21. The molecule has 0 radical (unpaired) electrons. The van der Waals surface area contributed by atoms with Gasteiger partial charge in [0.1, 0.15) is 5.75 Å². The smallest absolute Gasteiger partial charge is 0.287 e. The van der Waals surface area contributed by atoms with Crippen LogP contribution in [-0.2, 0) is 9.59 Å². The van der Waals surface area contributed by atoms with Gasteiger partial charge in [0.15, 0.2) is 6.61 Å². The quantitative estimate of drug-likeness (QED) is 0.812. The van der Waals surface area contributed by atoms with Gasteiger partial charge in [0.25, 0.3) is 11.8 Å². The summed E-state index contributed by atoms with van der Waals surface area (Å²) in [6.07, 6.45) is 0.205. The van der Waals surface area contributed by atoms with Crippen LogP contribution < -0.4 is 4.74 Å². The molecule has 1 aliphatic rings. The van der Waals surface area contributed by atoms with Gasteiger partial charge >= 0.3 is 0 Å². The van der Waals surface area contributed by atoms with E-state index in [0.29, 0.717) is 11.5 Å². The molecule has 0 N–H and O–H groups in total. The van der Waals surface area contributed by atoms with Crippen LogP contribution in [0, 0.1) is 6.92 Å². The van der Waals surface area contributed by atoms with Gasteiger partial charge in [0.2, 0.25) is 0 Å². The molecular formula is C13H14N2O3. The van der Waals surface area contributed by atoms with E-state index < -0.39 is 5.91 Å². The van der Waals surface area contributed by atoms with E-state index in [-0.39, 0.29) is 18.9 Å². The summed E-state index contributed by atoms with van der Waals surface area (Å²) in [7, 11) is 0. The van der Waals surface area contributed by atoms with Crippen LogP contribution in [0.4, 0.5) is 0 Å². The maximum absolute atomic E-state index is 11.7. The van der Waals surface area contributed by atoms with Crippen molar-refractivity contribution in [2.45, 2.75) is 20.3 Å². The lowest BCUT2D eigenvalue weighted by atomic mass is 10.2. The van der Waals surface area contributed by atoms with Gasteiger partial charge in [-0.15, -0.1) is 0 Å². The lowest BCUT2D eigenvalue weighted by molar-refractivity contribution is -0.144. The summed E-state index contributed by atoms with van der Waals surface area (Å²) in [4.78, 5) is 23.1. The van der Waals surface area contributed by atoms with E-state index in [9.17, 15) is 9.59 Å². The molecule has 0 saturated heterocycles. The van der Waals surface area contributed by atoms with Gasteiger partial charge in [-0.3, -0.25) is 9.59 Å². The molecule has 94 valence electrons. The number of aryl methyl sites for hydroxylation is 1. The maximum atomic E-state index is 11.7. The highest BCUT2D eigenvalue weighted by atomic mass is 16.5. The highest BCUT2D eigenvalue weighted by molar-refractivity contribution is 6.10. The van der Waals surface area contributed by atoms with Crippen LogP contribution in [0.3, 0.4) is 0 Å². The standard InChI is InChI=1S/C13H14N2O3/c1-9-3-5-11(6-4-9)18-8-13(17)15-12(16)7-10(2)14-15/h3-6H,7-8H2,1-2H3. The van der Waals surface area contributed by atoms with E-state index in [4.69, 9.17) is 4.74 Å². The van der Waals surface area contributed by atoms with Crippen molar-refractivity contribution >= 4 is 17.5 Å². The van der Waals surface area contributed by atoms with Crippen LogP contribution >= 0.6 is 0 Å². The summed E-state index contributed by atoms with van der Waals surface area (Å²) >= 11 is 0. The molecule has 1 aromatic carbocycles. The zero-order valence-corrected chi connectivity index (χ0v) is 10.3. The Hall–Kier alpha value is -2.17. The van der Waals surface area contributed by atoms with Gasteiger partial charge in [-0.25, -0.2) is 0 Å². The fraction of sp³-hybridized carbons (Fsp3) is 0.308. The molecule has 1 aromatic rings. The first-order valence-electron chi connectivity index (χ1n) is 5.65. The first-order chi connectivity index (χ1) is 8.56. The Morgan fingerprint density at radius 2 is 2.00 bits per heavy atom. The van der Waals surface area contributed by atoms with E-state index in [0.717, 1.165) is 10.6 Å². The summed E-state index contributed by atoms with van der Waals surface area (Å²) < 4.78 is 5.31. The molecule has 5 nitrogen and oxygen atoms in total. The van der Waals surface area contributed by atoms with Crippen LogP contribution in [-0.4, -0.2) is 29.1 Å². The number of rotatable bonds is 3. The fourth-order valence-electron chi connectivity index (χ4n) is 1.59. The van der Waals surface area contributed by atoms with Crippen LogP contribution in [0.5, 0.6) is 5.75 Å². The Labute approximate surface area is 105 Å². The third kappa shape index (κ3) is 2.74. The van der Waals surface area contributed by atoms with Gasteiger partial charge in [0, 0.05) is 5.71 Å². The number of nitrogens with zero attached hydrogens (tertiary/aromatic N) is 2. The topological polar surface area (TPSA) is 59.0 Å². The summed E-state index contributed by atoms with van der Waals surface area (Å²) in [5.41, 5.74) is 1.76. The van der Waals surface area contributed by atoms with Crippen molar-refractivity contribution in [1.82, 2.24) is 5.01 Å². The molecule has 1 aliphatic heterocycles. The van der Waals surface area contributed by atoms with Crippen LogP contribution in [0.1, 0.15) is 18.9 Å². The van der Waals surface area contributed by atoms with E-state index in [1.807, 2.05) is 19.1 Å². The molecule has 0 aromatic heterocycles. The Bertz CT molecular complexity index is 505. The van der Waals surface area contributed by atoms with Crippen molar-refractivity contribution in [3.63, 3.8) is 0 Å². The monoisotopic (exact) mass is 246 g/mol. The Balaban J connectivity index is 1.92. The van der Waals surface area contributed by atoms with Gasteiger partial charge in [-0.05, 0) is 26.0 Å². The van der Waals surface area contributed by atoms with Crippen molar-refractivity contribution in [1.29, 1.82) is 0 Å². The average molecular weight is 246 g/mol. The van der Waals surface area contributed by atoms with Gasteiger partial charge < -0.3 is 4.74 Å². The van der Waals surface area contributed by atoms with E-state index in [2.05, 4.69) is 5.10 Å². The molecule has 5 heteroatoms. The molecule has 0 saturated carbocycles. The van der Waals surface area contributed by atoms with Gasteiger partial charge in [-0.1, -0.05) is 17.7 Å². The molecule has 0 aliphatic carbocycles. The molecule has 0 spiro atoms. The third-order valence-electron chi connectivity index (χ3n) is 2.53. The molecule has 1 heterocycles. The van der Waals surface area contributed by atoms with Crippen molar-refractivity contribution in [3.8, 4) is 5.75 Å². The van der Waals surface area contributed by atoms with Gasteiger partial charge in [-0.2, -0.15) is 10.1 Å². The van der Waals surface area contributed by atoms with E-state index in [1.165, 1.54) is 0 Å². The number of hydrogen-bond donors (Lipinski definition) is 0. The molecule has 0 fully saturated rings. The summed E-state index contributed by atoms with van der Waals surface area (Å²) in [6.45, 7) is 3.49. The minimum Gasteiger partial charge on any atom is -0.484 e. The van der Waals surface area contributed by atoms with Crippen molar-refractivity contribution in [2.75, 3.05) is 6.61 Å². The highest BCUT2D eigenvalue weighted by Crippen LogP contribution is 2.13. The SMILES string of the molecule is CC1=NN(C(=O)COc2ccc(C)cc2)C(=O)C1. The van der Waals surface area contributed by atoms with Crippen molar-refractivity contribution in [3.05, 3.63) is 29.8 Å². The average Bonchev–Trinajstić information content (AvgIpc) is 2.67. The van der Waals surface area contributed by atoms with Crippen molar-refractivity contribution in [2.24, 2.45) is 5.10 Å². The largest absolute Gasteiger partial charge is 0.484 e. The number of imide groups is 1. The number of hydrazone groups is 1. The number of carbonyl (C=O) groups is 2. The zero-order chi connectivity index (χ0) is 13.1. The minimum atomic E-state index is -0.447. The lowest BCUT2D eigenvalue weighted by Crippen LogP contribution is -2.32. The Morgan fingerprint density at radius 1 is 1.33 bits per heavy atom. The van der Waals surface area contributed by atoms with Crippen LogP contribution in [0.15, 0.2) is 29.4 Å². The fourth-order valence-corrected chi connectivity index (χ4v) is 1.59. The van der Waals surface area contributed by atoms with Gasteiger partial charge in [0.05, 0.1) is 6.42 Å². The third-order valence-corrected chi connectivity index (χ3v) is 2.53. The Kier molecular flexibility index (Phi) is 3.41. The predicted octanol–water partition coefficient (Wildman–Crippen LogP) is 1.51. The van der Waals surface area contributed by atoms with Crippen molar-refractivity contribution < 1.29 is 14.3 Å². The van der Waals surface area contributed by atoms with Crippen LogP contribution in [0.25, 0.3) is 0 Å². The maximum Gasteiger partial charge on any atom is 0.287 e. The van der Waals surface area contributed by atoms with Crippen LogP contribution in [0.2, 0.25) is 0 Å². The number of amides is 2. The number of ether oxygens (including phenoxy) is 1. The predicted molar refractivity (Wildman–Crippen MR) is 66.3 cm³/mol. The number of carbonyl (C=O) groups excluding carboxylic acids is 2. The normalized spacial score (nSPS) is 14.7. The summed E-state index contributed by atoms with van der Waals surface area (Å²) in [6, 6.07) is 7.35. The highest BCUT2D eigenvalue weighted by Gasteiger charge is 2.27. The van der Waals surface area contributed by atoms with E-state index in [1.54, 1.807) is 19.1 Å². The molecule has 2 rings (SSSR count). The summed E-state index contributed by atoms with van der Waals surface area (Å²) in [5, 5.41) is 4.75. The number of benzene rings is 1. The minimum absolute atomic E-state index is 0.189. The molecule has 18 heavy (non-hydrogen) atoms. The second-order valence-electron chi connectivity index (χ2n) is 4.21.